The number of ether oxygens (including phenoxy) is 2. The summed E-state index contributed by atoms with van der Waals surface area (Å²) in [4.78, 5) is 43.2. The maximum atomic E-state index is 14.0. The highest BCUT2D eigenvalue weighted by Crippen LogP contribution is 2.55. The van der Waals surface area contributed by atoms with Crippen molar-refractivity contribution in [2.24, 2.45) is 10.8 Å². The fraction of sp³-hybridized carbons (Fsp3) is 0.486. The number of Topliss-reactive ketones (excluding diaryl/α,β-unsaturated/α-hetero) is 2. The van der Waals surface area contributed by atoms with Gasteiger partial charge in [0, 0.05) is 53.5 Å². The van der Waals surface area contributed by atoms with Crippen LogP contribution in [0.4, 0.5) is 5.69 Å². The summed E-state index contributed by atoms with van der Waals surface area (Å²) in [6.45, 7) is 17.5. The summed E-state index contributed by atoms with van der Waals surface area (Å²) in [5.41, 5.74) is 6.94. The third kappa shape index (κ3) is 6.58. The third-order valence-corrected chi connectivity index (χ3v) is 10.0. The lowest BCUT2D eigenvalue weighted by Gasteiger charge is -2.49. The summed E-state index contributed by atoms with van der Waals surface area (Å²) in [5.74, 6) is 0.426. The first-order chi connectivity index (χ1) is 21.2. The minimum Gasteiger partial charge on any atom is -0.490 e. The molecule has 45 heavy (non-hydrogen) atoms. The highest BCUT2D eigenvalue weighted by molar-refractivity contribution is 14.1. The van der Waals surface area contributed by atoms with E-state index in [0.29, 0.717) is 37.5 Å². The molecule has 240 valence electrons. The minimum atomic E-state index is -0.473. The van der Waals surface area contributed by atoms with Crippen LogP contribution in [-0.2, 0) is 14.4 Å². The van der Waals surface area contributed by atoms with Gasteiger partial charge < -0.3 is 19.7 Å². The Morgan fingerprint density at radius 3 is 2.09 bits per heavy atom. The van der Waals surface area contributed by atoms with Crippen LogP contribution in [0, 0.1) is 28.2 Å². The van der Waals surface area contributed by atoms with Crippen molar-refractivity contribution in [1.82, 2.24) is 4.90 Å². The molecule has 0 bridgehead atoms. The molecule has 2 aromatic carbocycles. The van der Waals surface area contributed by atoms with Crippen LogP contribution in [0.1, 0.15) is 89.8 Å². The first-order valence-electron chi connectivity index (χ1n) is 15.9. The number of anilines is 1. The molecular weight excluding hydrogens is 679 g/mol. The fourth-order valence-corrected chi connectivity index (χ4v) is 7.91. The first kappa shape index (κ1) is 33.2. The molecule has 0 unspecified atom stereocenters. The Labute approximate surface area is 280 Å². The van der Waals surface area contributed by atoms with Gasteiger partial charge in [-0.05, 0) is 109 Å². The van der Waals surface area contributed by atoms with Gasteiger partial charge in [0.1, 0.15) is 0 Å². The second-order valence-corrected chi connectivity index (χ2v) is 15.3. The molecule has 0 radical (unpaired) electrons. The molecule has 1 aliphatic heterocycles. The van der Waals surface area contributed by atoms with Crippen molar-refractivity contribution in [3.8, 4) is 11.5 Å². The van der Waals surface area contributed by atoms with Gasteiger partial charge in [-0.15, -0.1) is 0 Å². The number of aryl methyl sites for hydroxylation is 1. The van der Waals surface area contributed by atoms with Gasteiger partial charge in [0.2, 0.25) is 0 Å². The van der Waals surface area contributed by atoms with E-state index in [1.807, 2.05) is 51.1 Å². The van der Waals surface area contributed by atoms with E-state index in [4.69, 9.17) is 9.47 Å². The predicted molar refractivity (Wildman–Crippen MR) is 186 cm³/mol. The SMILES string of the molecule is CCOc1cc(C2C3=C(CC(C)(C)CC3=O)N(CC)C3=C2C(=O)CC(C)(C)C3)cc(I)c1OCC(=O)Nc1cccc(C)c1C. The van der Waals surface area contributed by atoms with Crippen molar-refractivity contribution in [1.29, 1.82) is 0 Å². The summed E-state index contributed by atoms with van der Waals surface area (Å²) in [5, 5.41) is 2.95. The Hall–Kier alpha value is -3.14. The van der Waals surface area contributed by atoms with Gasteiger partial charge in [-0.25, -0.2) is 0 Å². The molecule has 7 nitrogen and oxygen atoms in total. The molecule has 0 fully saturated rings. The molecule has 5 rings (SSSR count). The van der Waals surface area contributed by atoms with E-state index in [0.717, 1.165) is 61.3 Å². The van der Waals surface area contributed by atoms with Gasteiger partial charge in [0.25, 0.3) is 5.91 Å². The lowest BCUT2D eigenvalue weighted by atomic mass is 9.63. The van der Waals surface area contributed by atoms with E-state index in [1.165, 1.54) is 0 Å². The average molecular weight is 725 g/mol. The van der Waals surface area contributed by atoms with Crippen LogP contribution in [0.25, 0.3) is 0 Å². The van der Waals surface area contributed by atoms with Crippen LogP contribution in [-0.4, -0.2) is 42.1 Å². The molecule has 0 saturated heterocycles. The van der Waals surface area contributed by atoms with Gasteiger partial charge in [0.15, 0.2) is 29.7 Å². The van der Waals surface area contributed by atoms with Crippen molar-refractivity contribution in [2.75, 3.05) is 25.1 Å². The number of carbonyl (C=O) groups excluding carboxylic acids is 3. The van der Waals surface area contributed by atoms with Crippen LogP contribution >= 0.6 is 22.6 Å². The highest BCUT2D eigenvalue weighted by atomic mass is 127. The molecule has 2 aliphatic carbocycles. The Morgan fingerprint density at radius 2 is 1.53 bits per heavy atom. The Kier molecular flexibility index (Phi) is 9.28. The number of halogens is 1. The summed E-state index contributed by atoms with van der Waals surface area (Å²) in [7, 11) is 0. The highest BCUT2D eigenvalue weighted by Gasteiger charge is 2.48. The number of benzene rings is 2. The standard InChI is InChI=1S/C37H45IN2O5/c1-9-40-26-16-36(5,6)18-28(41)33(26)32(34-27(40)17-37(7,8)19-29(34)42)23-14-24(38)35(30(15-23)44-10-2)45-20-31(43)39-25-13-11-12-21(3)22(25)4/h11-15,32H,9-10,16-20H2,1-8H3,(H,39,43). The number of nitrogens with zero attached hydrogens (tertiary/aromatic N) is 1. The Balaban J connectivity index is 1.56. The van der Waals surface area contributed by atoms with Crippen molar-refractivity contribution in [3.05, 3.63) is 73.1 Å². The fourth-order valence-electron chi connectivity index (χ4n) is 7.13. The summed E-state index contributed by atoms with van der Waals surface area (Å²) < 4.78 is 12.9. The second-order valence-electron chi connectivity index (χ2n) is 14.1. The normalized spacial score (nSPS) is 19.4. The maximum absolute atomic E-state index is 14.0. The van der Waals surface area contributed by atoms with Crippen LogP contribution in [0.2, 0.25) is 0 Å². The van der Waals surface area contributed by atoms with Gasteiger partial charge in [-0.2, -0.15) is 0 Å². The number of hydrogen-bond donors (Lipinski definition) is 1. The predicted octanol–water partition coefficient (Wildman–Crippen LogP) is 8.03. The number of carbonyl (C=O) groups is 3. The van der Waals surface area contributed by atoms with Crippen LogP contribution in [0.3, 0.4) is 0 Å². The topological polar surface area (TPSA) is 84.9 Å². The van der Waals surface area contributed by atoms with Crippen molar-refractivity contribution in [3.63, 3.8) is 0 Å². The van der Waals surface area contributed by atoms with Crippen molar-refractivity contribution >= 4 is 45.8 Å². The number of ketones is 2. The molecule has 0 spiro atoms. The first-order valence-corrected chi connectivity index (χ1v) is 17.0. The molecule has 1 amide bonds. The van der Waals surface area contributed by atoms with Crippen molar-refractivity contribution < 1.29 is 23.9 Å². The van der Waals surface area contributed by atoms with E-state index in [9.17, 15) is 14.4 Å². The molecule has 3 aliphatic rings. The molecule has 8 heteroatoms. The van der Waals surface area contributed by atoms with Crippen molar-refractivity contribution in [2.45, 2.75) is 87.0 Å². The molecule has 0 atom stereocenters. The lowest BCUT2D eigenvalue weighted by molar-refractivity contribution is -0.120. The zero-order valence-electron chi connectivity index (χ0n) is 27.8. The van der Waals surface area contributed by atoms with Crippen LogP contribution in [0.5, 0.6) is 11.5 Å². The summed E-state index contributed by atoms with van der Waals surface area (Å²) in [6, 6.07) is 9.69. The van der Waals surface area contributed by atoms with E-state index < -0.39 is 5.92 Å². The molecule has 1 N–H and O–H groups in total. The molecule has 2 aromatic rings. The zero-order valence-corrected chi connectivity index (χ0v) is 29.9. The summed E-state index contributed by atoms with van der Waals surface area (Å²) in [6.07, 6.45) is 2.43. The third-order valence-electron chi connectivity index (χ3n) is 9.23. The molecule has 1 heterocycles. The molecule has 0 aromatic heterocycles. The Bertz CT molecular complexity index is 1580. The number of amides is 1. The zero-order chi connectivity index (χ0) is 32.8. The largest absolute Gasteiger partial charge is 0.490 e. The maximum Gasteiger partial charge on any atom is 0.262 e. The molecule has 0 saturated carbocycles. The Morgan fingerprint density at radius 1 is 0.933 bits per heavy atom. The van der Waals surface area contributed by atoms with E-state index >= 15 is 0 Å². The lowest BCUT2D eigenvalue weighted by Crippen LogP contribution is -2.44. The number of hydrogen-bond acceptors (Lipinski definition) is 6. The van der Waals surface area contributed by atoms with E-state index in [1.54, 1.807) is 0 Å². The van der Waals surface area contributed by atoms with E-state index in [-0.39, 0.29) is 34.9 Å². The average Bonchev–Trinajstić information content (AvgIpc) is 2.93. The van der Waals surface area contributed by atoms with Gasteiger partial charge in [-0.3, -0.25) is 14.4 Å². The van der Waals surface area contributed by atoms with E-state index in [2.05, 4.69) is 67.4 Å². The van der Waals surface area contributed by atoms with Crippen LogP contribution in [0.15, 0.2) is 52.9 Å². The van der Waals surface area contributed by atoms with Gasteiger partial charge in [-0.1, -0.05) is 39.8 Å². The van der Waals surface area contributed by atoms with Gasteiger partial charge >= 0.3 is 0 Å². The van der Waals surface area contributed by atoms with Gasteiger partial charge in [0.05, 0.1) is 10.2 Å². The van der Waals surface area contributed by atoms with Crippen LogP contribution < -0.4 is 14.8 Å². The smallest absolute Gasteiger partial charge is 0.262 e. The number of allylic oxidation sites excluding steroid dienone is 4. The monoisotopic (exact) mass is 724 g/mol. The minimum absolute atomic E-state index is 0.102. The number of nitrogens with one attached hydrogen (secondary N) is 1. The second kappa shape index (κ2) is 12.6. The quantitative estimate of drug-likeness (QED) is 0.278. The molecular formula is C37H45IN2O5. The number of rotatable bonds is 8. The summed E-state index contributed by atoms with van der Waals surface area (Å²) >= 11 is 2.21.